The Labute approximate surface area is 158 Å². The number of hydrogen-bond acceptors (Lipinski definition) is 2. The zero-order valence-corrected chi connectivity index (χ0v) is 15.6. The van der Waals surface area contributed by atoms with E-state index in [2.05, 4.69) is 16.8 Å². The Morgan fingerprint density at radius 2 is 1.92 bits per heavy atom. The minimum atomic E-state index is -4.40. The molecular formula is C20H23F3N2S. The second-order valence-corrected chi connectivity index (χ2v) is 6.50. The summed E-state index contributed by atoms with van der Waals surface area (Å²) in [6.07, 6.45) is 5.75. The highest BCUT2D eigenvalue weighted by atomic mass is 32.1. The van der Waals surface area contributed by atoms with Crippen LogP contribution in [-0.2, 0) is 6.18 Å². The summed E-state index contributed by atoms with van der Waals surface area (Å²) in [5.74, 6) is 0. The number of nitrogens with one attached hydrogen (secondary N) is 1. The Kier molecular flexibility index (Phi) is 7.03. The molecule has 0 aromatic heterocycles. The Hall–Kier alpha value is -2.08. The van der Waals surface area contributed by atoms with Crippen LogP contribution in [0.1, 0.15) is 31.7 Å². The van der Waals surface area contributed by atoms with Crippen LogP contribution in [0, 0.1) is 0 Å². The Balaban J connectivity index is 2.40. The van der Waals surface area contributed by atoms with E-state index in [9.17, 15) is 13.2 Å². The van der Waals surface area contributed by atoms with Gasteiger partial charge in [-0.25, -0.2) is 0 Å². The van der Waals surface area contributed by atoms with Crippen LogP contribution in [0.15, 0.2) is 54.7 Å². The van der Waals surface area contributed by atoms with Crippen LogP contribution in [0.3, 0.4) is 0 Å². The summed E-state index contributed by atoms with van der Waals surface area (Å²) in [5.41, 5.74) is 1.13. The van der Waals surface area contributed by atoms with E-state index in [0.717, 1.165) is 50.2 Å². The van der Waals surface area contributed by atoms with E-state index in [1.165, 1.54) is 6.07 Å². The summed E-state index contributed by atoms with van der Waals surface area (Å²) < 4.78 is 39.5. The van der Waals surface area contributed by atoms with E-state index >= 15 is 0 Å². The molecule has 26 heavy (non-hydrogen) atoms. The van der Waals surface area contributed by atoms with Gasteiger partial charge in [0.05, 0.1) is 16.9 Å². The lowest BCUT2D eigenvalue weighted by atomic mass is 10.1. The Bertz CT molecular complexity index is 714. The first-order valence-electron chi connectivity index (χ1n) is 8.59. The predicted molar refractivity (Wildman–Crippen MR) is 107 cm³/mol. The van der Waals surface area contributed by atoms with Crippen molar-refractivity contribution in [2.24, 2.45) is 0 Å². The van der Waals surface area contributed by atoms with Gasteiger partial charge in [0.1, 0.15) is 4.99 Å². The number of halogens is 3. The third-order valence-corrected chi connectivity index (χ3v) is 4.51. The summed E-state index contributed by atoms with van der Waals surface area (Å²) >= 11 is 5.41. The molecule has 0 spiro atoms. The van der Waals surface area contributed by atoms with Gasteiger partial charge in [-0.3, -0.25) is 0 Å². The van der Waals surface area contributed by atoms with Gasteiger partial charge in [0.2, 0.25) is 0 Å². The fraction of sp³-hybridized carbons (Fsp3) is 0.350. The molecule has 6 heteroatoms. The van der Waals surface area contributed by atoms with Crippen LogP contribution in [-0.4, -0.2) is 18.1 Å². The molecule has 0 unspecified atom stereocenters. The molecule has 0 amide bonds. The molecule has 0 atom stereocenters. The highest BCUT2D eigenvalue weighted by molar-refractivity contribution is 7.81. The van der Waals surface area contributed by atoms with E-state index in [4.69, 9.17) is 12.2 Å². The fourth-order valence-electron chi connectivity index (χ4n) is 2.93. The van der Waals surface area contributed by atoms with Crippen LogP contribution >= 0.6 is 12.2 Å². The maximum absolute atomic E-state index is 13.2. The van der Waals surface area contributed by atoms with Crippen molar-refractivity contribution < 1.29 is 13.2 Å². The first-order valence-corrected chi connectivity index (χ1v) is 9.00. The molecule has 1 aromatic carbocycles. The Morgan fingerprint density at radius 1 is 1.23 bits per heavy atom. The van der Waals surface area contributed by atoms with Crippen LogP contribution < -0.4 is 10.2 Å². The third kappa shape index (κ3) is 5.21. The third-order valence-electron chi connectivity index (χ3n) is 4.17. The van der Waals surface area contributed by atoms with Gasteiger partial charge in [-0.1, -0.05) is 43.1 Å². The van der Waals surface area contributed by atoms with Crippen molar-refractivity contribution in [1.82, 2.24) is 0 Å². The number of nitrogens with zero attached hydrogens (tertiary/aromatic N) is 1. The number of benzene rings is 1. The highest BCUT2D eigenvalue weighted by Gasteiger charge is 2.31. The number of anilines is 2. The number of thiocarbonyl (C=S) groups is 1. The Morgan fingerprint density at radius 3 is 2.50 bits per heavy atom. The summed E-state index contributed by atoms with van der Waals surface area (Å²) in [6.45, 7) is 7.17. The smallest absolute Gasteiger partial charge is 0.370 e. The van der Waals surface area contributed by atoms with Crippen LogP contribution in [0.5, 0.6) is 0 Å². The van der Waals surface area contributed by atoms with Crippen LogP contribution in [0.4, 0.5) is 24.5 Å². The molecule has 0 radical (unpaired) electrons. The summed E-state index contributed by atoms with van der Waals surface area (Å²) in [7, 11) is 0. The fourth-order valence-corrected chi connectivity index (χ4v) is 3.18. The molecule has 1 heterocycles. The van der Waals surface area contributed by atoms with E-state index in [1.807, 2.05) is 13.0 Å². The molecule has 0 saturated carbocycles. The lowest BCUT2D eigenvalue weighted by molar-refractivity contribution is -0.137. The molecule has 2 rings (SSSR count). The molecular weight excluding hydrogens is 357 g/mol. The van der Waals surface area contributed by atoms with Crippen molar-refractivity contribution in [2.75, 3.05) is 23.3 Å². The summed E-state index contributed by atoms with van der Waals surface area (Å²) in [4.78, 5) is 2.47. The average Bonchev–Trinajstić information content (AvgIpc) is 2.61. The monoisotopic (exact) mass is 380 g/mol. The zero-order chi connectivity index (χ0) is 19.2. The molecule has 1 N–H and O–H groups in total. The quantitative estimate of drug-likeness (QED) is 0.376. The minimum absolute atomic E-state index is 0.362. The maximum atomic E-state index is 13.2. The molecule has 0 aliphatic carbocycles. The van der Waals surface area contributed by atoms with Gasteiger partial charge in [0.25, 0.3) is 0 Å². The van der Waals surface area contributed by atoms with Crippen molar-refractivity contribution in [3.05, 3.63) is 60.2 Å². The second kappa shape index (κ2) is 9.03. The molecule has 1 aliphatic heterocycles. The number of alkyl halides is 3. The minimum Gasteiger partial charge on any atom is -0.370 e. The van der Waals surface area contributed by atoms with E-state index in [1.54, 1.807) is 18.2 Å². The number of rotatable bonds is 5. The van der Waals surface area contributed by atoms with Gasteiger partial charge in [-0.05, 0) is 44.4 Å². The number of hydrogen-bond donors (Lipinski definition) is 1. The van der Waals surface area contributed by atoms with E-state index in [-0.39, 0.29) is 0 Å². The van der Waals surface area contributed by atoms with Gasteiger partial charge in [0, 0.05) is 18.7 Å². The van der Waals surface area contributed by atoms with Crippen LogP contribution in [0.2, 0.25) is 0 Å². The normalized spacial score (nSPS) is 16.0. The van der Waals surface area contributed by atoms with Gasteiger partial charge >= 0.3 is 6.18 Å². The first kappa shape index (κ1) is 20.2. The average molecular weight is 380 g/mol. The lowest BCUT2D eigenvalue weighted by Crippen LogP contribution is -2.30. The van der Waals surface area contributed by atoms with Gasteiger partial charge in [0.15, 0.2) is 0 Å². The predicted octanol–water partition coefficient (Wildman–Crippen LogP) is 6.12. The van der Waals surface area contributed by atoms with Gasteiger partial charge in [-0.2, -0.15) is 13.2 Å². The summed E-state index contributed by atoms with van der Waals surface area (Å²) in [5, 5.41) is 3.01. The van der Waals surface area contributed by atoms with Crippen LogP contribution in [0.25, 0.3) is 0 Å². The van der Waals surface area contributed by atoms with Crippen molar-refractivity contribution in [1.29, 1.82) is 0 Å². The SMILES string of the molecule is C=C/C=C(\C=C/C)C(=S)Nc1cc(C(F)(F)F)ccc1N1CCCCC1. The molecule has 2 nitrogen and oxygen atoms in total. The standard InChI is InChI=1S/C20H23F3N2S/c1-3-8-15(9-4-2)19(26)24-17-14-16(20(21,22)23)10-11-18(17)25-12-6-5-7-13-25/h3-4,8-11,14H,1,5-7,12-13H2,2H3,(H,24,26)/b9-4-,15-8+. The second-order valence-electron chi connectivity index (χ2n) is 6.09. The molecule has 140 valence electrons. The van der Waals surface area contributed by atoms with Crippen molar-refractivity contribution in [3.63, 3.8) is 0 Å². The largest absolute Gasteiger partial charge is 0.416 e. The molecule has 1 aromatic rings. The molecule has 1 fully saturated rings. The zero-order valence-electron chi connectivity index (χ0n) is 14.8. The van der Waals surface area contributed by atoms with Crippen molar-refractivity contribution in [2.45, 2.75) is 32.4 Å². The lowest BCUT2D eigenvalue weighted by Gasteiger charge is -2.31. The summed E-state index contributed by atoms with van der Waals surface area (Å²) in [6, 6.07) is 3.80. The molecule has 0 bridgehead atoms. The maximum Gasteiger partial charge on any atom is 0.416 e. The van der Waals surface area contributed by atoms with Crippen molar-refractivity contribution >= 4 is 28.6 Å². The van der Waals surface area contributed by atoms with Gasteiger partial charge in [-0.15, -0.1) is 0 Å². The molecule has 1 saturated heterocycles. The van der Waals surface area contributed by atoms with E-state index in [0.29, 0.717) is 16.2 Å². The van der Waals surface area contributed by atoms with E-state index < -0.39 is 11.7 Å². The van der Waals surface area contributed by atoms with Crippen molar-refractivity contribution in [3.8, 4) is 0 Å². The molecule has 1 aliphatic rings. The number of allylic oxidation sites excluding steroid dienone is 3. The number of piperidine rings is 1. The van der Waals surface area contributed by atoms with Gasteiger partial charge < -0.3 is 10.2 Å². The first-order chi connectivity index (χ1) is 12.4. The highest BCUT2D eigenvalue weighted by Crippen LogP contribution is 2.36. The topological polar surface area (TPSA) is 15.3 Å².